The van der Waals surface area contributed by atoms with Crippen molar-refractivity contribution in [2.45, 2.75) is 90.1 Å². The van der Waals surface area contributed by atoms with Crippen LogP contribution in [0.1, 0.15) is 99.0 Å². The van der Waals surface area contributed by atoms with Crippen LogP contribution in [0.2, 0.25) is 0 Å². The number of piperazine rings is 1. The molecule has 6 heterocycles. The quantitative estimate of drug-likeness (QED) is 0.111. The maximum atomic E-state index is 17.1. The predicted octanol–water partition coefficient (Wildman–Crippen LogP) is 7.67. The van der Waals surface area contributed by atoms with Crippen molar-refractivity contribution in [3.63, 3.8) is 0 Å². The third-order valence-corrected chi connectivity index (χ3v) is 17.1. The minimum Gasteiger partial charge on any atom is -0.508 e. The highest BCUT2D eigenvalue weighted by Crippen LogP contribution is 2.49. The van der Waals surface area contributed by atoms with Gasteiger partial charge in [0, 0.05) is 118 Å². The number of aromatic nitrogens is 3. The number of fused-ring (bicyclic) bond motifs is 2. The molecule has 1 spiro atoms. The van der Waals surface area contributed by atoms with Crippen LogP contribution in [0.25, 0.3) is 32.9 Å². The van der Waals surface area contributed by atoms with Crippen molar-refractivity contribution in [3.8, 4) is 35.4 Å². The fourth-order valence-corrected chi connectivity index (χ4v) is 12.5. The second-order valence-electron chi connectivity index (χ2n) is 22.4. The van der Waals surface area contributed by atoms with E-state index in [-0.39, 0.29) is 46.6 Å². The number of amides is 4. The Balaban J connectivity index is 0.691. The van der Waals surface area contributed by atoms with E-state index in [0.717, 1.165) is 90.0 Å². The summed E-state index contributed by atoms with van der Waals surface area (Å²) in [6.07, 6.45) is 18.0. The van der Waals surface area contributed by atoms with Crippen LogP contribution in [0, 0.1) is 41.8 Å². The number of piperidine rings is 2. The highest BCUT2D eigenvalue weighted by Gasteiger charge is 2.46. The summed E-state index contributed by atoms with van der Waals surface area (Å²) in [4.78, 5) is 63.0. The molecular weight excluding hydrogens is 926 g/mol. The molecular formula is C57H66FN9O6. The number of halogens is 1. The molecule has 2 saturated carbocycles. The lowest BCUT2D eigenvalue weighted by molar-refractivity contribution is -0.120. The second-order valence-corrected chi connectivity index (χ2v) is 22.4. The van der Waals surface area contributed by atoms with Crippen LogP contribution in [-0.2, 0) is 4.79 Å². The van der Waals surface area contributed by atoms with E-state index in [9.17, 15) is 24.6 Å². The van der Waals surface area contributed by atoms with Gasteiger partial charge in [0.1, 0.15) is 22.8 Å². The van der Waals surface area contributed by atoms with Crippen LogP contribution < -0.4 is 19.9 Å². The molecule has 3 aromatic carbocycles. The van der Waals surface area contributed by atoms with E-state index in [0.29, 0.717) is 88.3 Å². The molecule has 4 saturated heterocycles. The maximum absolute atomic E-state index is 17.1. The number of β-amino-alcohol motifs (C(OH)–C–C–N with tert-alkyl or cyclic N) is 1. The number of phenolic OH excluding ortho intramolecular Hbond substituents is 1. The largest absolute Gasteiger partial charge is 0.508 e. The Morgan fingerprint density at radius 2 is 1.70 bits per heavy atom. The Morgan fingerprint density at radius 1 is 0.932 bits per heavy atom. The van der Waals surface area contributed by atoms with Crippen LogP contribution in [0.5, 0.6) is 11.8 Å². The van der Waals surface area contributed by atoms with Crippen molar-refractivity contribution in [1.29, 1.82) is 0 Å². The topological polar surface area (TPSA) is 168 Å². The summed E-state index contributed by atoms with van der Waals surface area (Å²) in [5.74, 6) is 2.86. The Kier molecular flexibility index (Phi) is 13.0. The van der Waals surface area contributed by atoms with Gasteiger partial charge in [-0.1, -0.05) is 24.1 Å². The summed E-state index contributed by atoms with van der Waals surface area (Å²) >= 11 is 0. The summed E-state index contributed by atoms with van der Waals surface area (Å²) in [6.45, 7) is 12.9. The molecule has 6 fully saturated rings. The van der Waals surface area contributed by atoms with E-state index in [2.05, 4.69) is 26.0 Å². The lowest BCUT2D eigenvalue weighted by atomic mass is 9.65. The number of carbonyl (C=O) groups is 3. The number of ether oxygens (including phenoxy) is 1. The first-order valence-electron chi connectivity index (χ1n) is 26.3. The molecule has 5 aromatic rings. The van der Waals surface area contributed by atoms with Crippen molar-refractivity contribution in [2.75, 3.05) is 88.4 Å². The van der Waals surface area contributed by atoms with Gasteiger partial charge in [0.25, 0.3) is 5.91 Å². The van der Waals surface area contributed by atoms with Gasteiger partial charge < -0.3 is 34.5 Å². The zero-order valence-electron chi connectivity index (χ0n) is 42.1. The zero-order valence-corrected chi connectivity index (χ0v) is 42.1. The fourth-order valence-electron chi connectivity index (χ4n) is 12.5. The maximum Gasteiger partial charge on any atom is 0.328 e. The van der Waals surface area contributed by atoms with Gasteiger partial charge in [-0.25, -0.2) is 9.18 Å². The lowest BCUT2D eigenvalue weighted by Crippen LogP contribution is -2.50. The molecule has 1 atom stereocenters. The average Bonchev–Trinajstić information content (AvgIpc) is 4.15. The molecule has 2 aliphatic carbocycles. The third kappa shape index (κ3) is 10.0. The third-order valence-electron chi connectivity index (χ3n) is 17.1. The summed E-state index contributed by atoms with van der Waals surface area (Å²) in [5.41, 5.74) is 2.42. The number of carbonyl (C=O) groups excluding carboxylic acids is 3. The van der Waals surface area contributed by atoms with Gasteiger partial charge in [0.05, 0.1) is 17.6 Å². The van der Waals surface area contributed by atoms with Gasteiger partial charge in [-0.05, 0) is 131 Å². The van der Waals surface area contributed by atoms with Crippen molar-refractivity contribution >= 4 is 51.0 Å². The Bertz CT molecular complexity index is 3020. The monoisotopic (exact) mass is 992 g/mol. The standard InChI is InChI=1S/C57H66FN9O6/c1-4-39-7-5-8-40-29-42(68)31-43(47(39)40)49-48(58)50-44(32-59-49)51(66-21-6-14-55(3,72)34-66)62-53(61-50)73-36-57(17-18-57)35-64-27-25-63(26-28-64)33-38-11-15-56(16-12-38)19-23-65(24-20-56)52(70)41-10-9-37(2)45(30-41)67-22-13-46(69)60-54(67)71/h1,5,7-10,29-32,38,68,72H,6,11-28,33-36H2,2-3H3,(H,60,69,71)/t55-/m1/s1. The summed E-state index contributed by atoms with van der Waals surface area (Å²) in [6, 6.07) is 13.7. The minimum atomic E-state index is -0.947. The fraction of sp³-hybridized carbons (Fsp3) is 0.509. The van der Waals surface area contributed by atoms with E-state index < -0.39 is 17.4 Å². The van der Waals surface area contributed by atoms with Gasteiger partial charge in [0.2, 0.25) is 5.91 Å². The number of phenols is 1. The molecule has 6 aliphatic rings. The first-order valence-corrected chi connectivity index (χ1v) is 26.3. The van der Waals surface area contributed by atoms with Gasteiger partial charge >= 0.3 is 12.0 Å². The highest BCUT2D eigenvalue weighted by molar-refractivity contribution is 6.07. The number of aryl methyl sites for hydroxylation is 1. The number of anilines is 2. The molecule has 2 aromatic heterocycles. The zero-order chi connectivity index (χ0) is 50.6. The second kappa shape index (κ2) is 19.5. The van der Waals surface area contributed by atoms with Crippen LogP contribution in [0.4, 0.5) is 20.7 Å². The van der Waals surface area contributed by atoms with Crippen molar-refractivity contribution in [3.05, 3.63) is 77.2 Å². The Labute approximate surface area is 426 Å². The normalized spacial score (nSPS) is 22.7. The first-order chi connectivity index (χ1) is 35.2. The van der Waals surface area contributed by atoms with Gasteiger partial charge in [0.15, 0.2) is 5.82 Å². The predicted molar refractivity (Wildman–Crippen MR) is 278 cm³/mol. The molecule has 382 valence electrons. The Morgan fingerprint density at radius 3 is 2.42 bits per heavy atom. The van der Waals surface area contributed by atoms with Crippen LogP contribution >= 0.6 is 0 Å². The number of aromatic hydroxyl groups is 1. The molecule has 0 unspecified atom stereocenters. The lowest BCUT2D eigenvalue weighted by Gasteiger charge is -2.47. The number of hydrogen-bond donors (Lipinski definition) is 3. The van der Waals surface area contributed by atoms with E-state index in [1.807, 2.05) is 41.8 Å². The number of urea groups is 1. The number of likely N-dealkylation sites (tertiary alicyclic amines) is 1. The molecule has 11 rings (SSSR count). The summed E-state index contributed by atoms with van der Waals surface area (Å²) in [5, 5.41) is 25.9. The number of imide groups is 1. The number of pyridine rings is 1. The van der Waals surface area contributed by atoms with E-state index in [1.165, 1.54) is 31.7 Å². The van der Waals surface area contributed by atoms with Crippen molar-refractivity contribution < 1.29 is 33.7 Å². The molecule has 3 N–H and O–H groups in total. The van der Waals surface area contributed by atoms with Gasteiger partial charge in [-0.3, -0.25) is 24.8 Å². The van der Waals surface area contributed by atoms with Crippen LogP contribution in [0.15, 0.2) is 54.7 Å². The first kappa shape index (κ1) is 48.8. The van der Waals surface area contributed by atoms with Crippen molar-refractivity contribution in [1.82, 2.24) is 35.0 Å². The molecule has 73 heavy (non-hydrogen) atoms. The van der Waals surface area contributed by atoms with E-state index >= 15 is 4.39 Å². The number of hydrogen-bond acceptors (Lipinski definition) is 12. The number of terminal acetylenes is 1. The van der Waals surface area contributed by atoms with E-state index in [1.54, 1.807) is 35.4 Å². The van der Waals surface area contributed by atoms with Crippen molar-refractivity contribution in [2.24, 2.45) is 16.7 Å². The van der Waals surface area contributed by atoms with E-state index in [4.69, 9.17) is 21.1 Å². The van der Waals surface area contributed by atoms with Crippen LogP contribution in [0.3, 0.4) is 0 Å². The Hall–Kier alpha value is -6.41. The molecule has 4 amide bonds. The number of nitrogens with zero attached hydrogens (tertiary/aromatic N) is 8. The highest BCUT2D eigenvalue weighted by atomic mass is 19.1. The number of benzene rings is 3. The minimum absolute atomic E-state index is 0.000960. The van der Waals surface area contributed by atoms with Gasteiger partial charge in [-0.15, -0.1) is 6.42 Å². The van der Waals surface area contributed by atoms with Crippen LogP contribution in [-0.4, -0.2) is 142 Å². The number of rotatable bonds is 11. The molecule has 4 aliphatic heterocycles. The van der Waals surface area contributed by atoms with Gasteiger partial charge in [-0.2, -0.15) is 9.97 Å². The summed E-state index contributed by atoms with van der Waals surface area (Å²) in [7, 11) is 0. The number of nitrogens with one attached hydrogen (secondary N) is 1. The summed E-state index contributed by atoms with van der Waals surface area (Å²) < 4.78 is 23.6. The molecule has 0 radical (unpaired) electrons. The molecule has 16 heteroatoms. The average molecular weight is 992 g/mol. The molecule has 0 bridgehead atoms. The number of aliphatic hydroxyl groups is 1. The smallest absolute Gasteiger partial charge is 0.328 e. The molecule has 15 nitrogen and oxygen atoms in total. The SMILES string of the molecule is C#Cc1cccc2cc(O)cc(-c3ncc4c(N5CCC[C@@](C)(O)C5)nc(OCC5(CN6CCN(CC7CCC8(CC7)CCN(C(=O)c7ccc(C)c(N9CCC(=O)NC9=O)c7)CC8)CC6)CC5)nc4c3F)c12.